The summed E-state index contributed by atoms with van der Waals surface area (Å²) in [4.78, 5) is 3.65. The highest BCUT2D eigenvalue weighted by atomic mass is 32.2. The first-order valence-corrected chi connectivity index (χ1v) is 7.42. The Labute approximate surface area is 114 Å². The summed E-state index contributed by atoms with van der Waals surface area (Å²) in [6, 6.07) is 1.67. The third kappa shape index (κ3) is 3.00. The highest BCUT2D eigenvalue weighted by molar-refractivity contribution is 7.84. The van der Waals surface area contributed by atoms with Crippen molar-refractivity contribution in [3.63, 3.8) is 0 Å². The fourth-order valence-corrected chi connectivity index (χ4v) is 3.67. The van der Waals surface area contributed by atoms with E-state index >= 15 is 0 Å². The quantitative estimate of drug-likeness (QED) is 0.784. The Bertz CT molecular complexity index is 502. The zero-order valence-corrected chi connectivity index (χ0v) is 12.1. The Morgan fingerprint density at radius 2 is 2.05 bits per heavy atom. The second-order valence-electron chi connectivity index (χ2n) is 5.66. The van der Waals surface area contributed by atoms with Crippen molar-refractivity contribution < 1.29 is 13.0 Å². The first-order chi connectivity index (χ1) is 8.80. The van der Waals surface area contributed by atoms with Gasteiger partial charge in [-0.1, -0.05) is 0 Å². The van der Waals surface area contributed by atoms with Gasteiger partial charge in [-0.05, 0) is 45.7 Å². The second kappa shape index (κ2) is 5.25. The maximum Gasteiger partial charge on any atom is 0.213 e. The molecule has 6 heteroatoms. The molecule has 0 aromatic carbocycles. The van der Waals surface area contributed by atoms with Crippen molar-refractivity contribution in [3.05, 3.63) is 29.6 Å². The number of hydrogen-bond acceptors (Lipinski definition) is 2. The zero-order valence-electron chi connectivity index (χ0n) is 11.3. The molecule has 3 nitrogen and oxygen atoms in total. The molecule has 2 atom stereocenters. The first-order valence-electron chi connectivity index (χ1n) is 6.31. The molecule has 2 unspecified atom stereocenters. The molecule has 1 aliphatic rings. The van der Waals surface area contributed by atoms with Crippen molar-refractivity contribution in [2.75, 3.05) is 6.54 Å². The molecule has 0 spiro atoms. The summed E-state index contributed by atoms with van der Waals surface area (Å²) >= 11 is 0. The summed E-state index contributed by atoms with van der Waals surface area (Å²) in [7, 11) is -1.25. The molecule has 0 aliphatic carbocycles. The van der Waals surface area contributed by atoms with Crippen LogP contribution in [0.2, 0.25) is 0 Å². The molecule has 0 radical (unpaired) electrons. The average Bonchev–Trinajstić information content (AvgIpc) is 2.78. The van der Waals surface area contributed by atoms with Crippen LogP contribution in [0.15, 0.2) is 12.1 Å². The van der Waals surface area contributed by atoms with Gasteiger partial charge in [-0.3, -0.25) is 0 Å². The smallest absolute Gasteiger partial charge is 0.213 e. The minimum atomic E-state index is -1.25. The summed E-state index contributed by atoms with van der Waals surface area (Å²) in [5.74, 6) is -1.24. The van der Waals surface area contributed by atoms with Crippen LogP contribution in [0.25, 0.3) is 0 Å². The van der Waals surface area contributed by atoms with Crippen molar-refractivity contribution in [2.24, 2.45) is 0 Å². The molecule has 0 amide bonds. The van der Waals surface area contributed by atoms with E-state index in [0.29, 0.717) is 13.0 Å². The van der Waals surface area contributed by atoms with Gasteiger partial charge in [0.1, 0.15) is 16.8 Å². The van der Waals surface area contributed by atoms with Gasteiger partial charge >= 0.3 is 0 Å². The van der Waals surface area contributed by atoms with Crippen molar-refractivity contribution in [2.45, 2.75) is 44.4 Å². The minimum Gasteiger partial charge on any atom is -0.242 e. The lowest BCUT2D eigenvalue weighted by atomic mass is 10.1. The molecule has 1 fully saturated rings. The topological polar surface area (TPSA) is 33.2 Å². The van der Waals surface area contributed by atoms with E-state index in [1.807, 2.05) is 20.8 Å². The van der Waals surface area contributed by atoms with Crippen LogP contribution >= 0.6 is 0 Å². The Hall–Kier alpha value is -0.880. The standard InChI is InChI=1S/C13H18F2N2OS/c1-13(2,3)19(18)17-8-4-5-10(17)12-9(14)6-7-11(15)16-12/h6-7,10H,4-5,8H2,1-3H3. The van der Waals surface area contributed by atoms with Crippen molar-refractivity contribution in [1.29, 1.82) is 0 Å². The Morgan fingerprint density at radius 3 is 2.68 bits per heavy atom. The largest absolute Gasteiger partial charge is 0.242 e. The predicted octanol–water partition coefficient (Wildman–Crippen LogP) is 2.96. The highest BCUT2D eigenvalue weighted by Crippen LogP contribution is 2.36. The van der Waals surface area contributed by atoms with E-state index in [1.165, 1.54) is 0 Å². The van der Waals surface area contributed by atoms with E-state index in [-0.39, 0.29) is 5.69 Å². The second-order valence-corrected chi connectivity index (χ2v) is 7.85. The lowest BCUT2D eigenvalue weighted by molar-refractivity contribution is 0.387. The van der Waals surface area contributed by atoms with E-state index in [4.69, 9.17) is 0 Å². The fourth-order valence-electron chi connectivity index (χ4n) is 2.23. The Morgan fingerprint density at radius 1 is 1.37 bits per heavy atom. The Balaban J connectivity index is 2.33. The molecule has 1 aromatic heterocycles. The number of halogens is 2. The zero-order chi connectivity index (χ0) is 14.2. The van der Waals surface area contributed by atoms with Crippen LogP contribution in [0.1, 0.15) is 45.3 Å². The number of hydrogen-bond donors (Lipinski definition) is 0. The maximum atomic E-state index is 13.8. The molecule has 1 saturated heterocycles. The van der Waals surface area contributed by atoms with Gasteiger partial charge in [-0.15, -0.1) is 0 Å². The molecule has 1 aromatic rings. The lowest BCUT2D eigenvalue weighted by Gasteiger charge is -2.29. The molecule has 2 heterocycles. The number of aromatic nitrogens is 1. The number of nitrogens with zero attached hydrogens (tertiary/aromatic N) is 2. The molecule has 0 bridgehead atoms. The molecule has 19 heavy (non-hydrogen) atoms. The predicted molar refractivity (Wildman–Crippen MR) is 70.7 cm³/mol. The van der Waals surface area contributed by atoms with Crippen LogP contribution in [0.4, 0.5) is 8.78 Å². The normalized spacial score (nSPS) is 22.7. The molecule has 2 rings (SSSR count). The van der Waals surface area contributed by atoms with Crippen LogP contribution in [0, 0.1) is 11.8 Å². The van der Waals surface area contributed by atoms with Crippen molar-refractivity contribution in [1.82, 2.24) is 9.29 Å². The van der Waals surface area contributed by atoms with Gasteiger partial charge in [0.05, 0.1) is 16.5 Å². The van der Waals surface area contributed by atoms with E-state index in [1.54, 1.807) is 4.31 Å². The van der Waals surface area contributed by atoms with Crippen molar-refractivity contribution >= 4 is 11.0 Å². The van der Waals surface area contributed by atoms with Crippen LogP contribution in [-0.2, 0) is 11.0 Å². The van der Waals surface area contributed by atoms with Gasteiger partial charge in [0.15, 0.2) is 0 Å². The first kappa shape index (κ1) is 14.5. The summed E-state index contributed by atoms with van der Waals surface area (Å²) in [5.41, 5.74) is 0.0649. The summed E-state index contributed by atoms with van der Waals surface area (Å²) in [6.07, 6.45) is 1.46. The van der Waals surface area contributed by atoms with Crippen molar-refractivity contribution in [3.8, 4) is 0 Å². The third-order valence-electron chi connectivity index (χ3n) is 3.10. The molecule has 0 saturated carbocycles. The summed E-state index contributed by atoms with van der Waals surface area (Å²) in [5, 5.41) is 0. The van der Waals surface area contributed by atoms with Gasteiger partial charge in [0, 0.05) is 6.54 Å². The molecule has 1 aliphatic heterocycles. The van der Waals surface area contributed by atoms with Crippen LogP contribution in [0.5, 0.6) is 0 Å². The van der Waals surface area contributed by atoms with Crippen LogP contribution < -0.4 is 0 Å². The van der Waals surface area contributed by atoms with E-state index in [0.717, 1.165) is 18.6 Å². The summed E-state index contributed by atoms with van der Waals surface area (Å²) in [6.45, 7) is 6.22. The van der Waals surface area contributed by atoms with Gasteiger partial charge < -0.3 is 0 Å². The summed E-state index contributed by atoms with van der Waals surface area (Å²) < 4.78 is 40.7. The molecular weight excluding hydrogens is 270 g/mol. The average molecular weight is 288 g/mol. The highest BCUT2D eigenvalue weighted by Gasteiger charge is 2.37. The maximum absolute atomic E-state index is 13.8. The third-order valence-corrected chi connectivity index (χ3v) is 5.01. The SMILES string of the molecule is CC(C)(C)S(=O)N1CCCC1c1nc(F)ccc1F. The van der Waals surface area contributed by atoms with Crippen LogP contribution in [-0.4, -0.2) is 24.8 Å². The van der Waals surface area contributed by atoms with Gasteiger partial charge in [-0.25, -0.2) is 17.9 Å². The van der Waals surface area contributed by atoms with E-state index < -0.39 is 33.5 Å². The fraction of sp³-hybridized carbons (Fsp3) is 0.615. The molecule has 0 N–H and O–H groups in total. The monoisotopic (exact) mass is 288 g/mol. The molecule has 106 valence electrons. The Kier molecular flexibility index (Phi) is 4.01. The minimum absolute atomic E-state index is 0.0649. The van der Waals surface area contributed by atoms with E-state index in [2.05, 4.69) is 4.98 Å². The van der Waals surface area contributed by atoms with Gasteiger partial charge in [0.25, 0.3) is 0 Å². The lowest BCUT2D eigenvalue weighted by Crippen LogP contribution is -2.37. The van der Waals surface area contributed by atoms with E-state index in [9.17, 15) is 13.0 Å². The van der Waals surface area contributed by atoms with Crippen LogP contribution in [0.3, 0.4) is 0 Å². The van der Waals surface area contributed by atoms with Gasteiger partial charge in [-0.2, -0.15) is 4.39 Å². The molecular formula is C13H18F2N2OS. The number of pyridine rings is 1. The number of rotatable bonds is 2. The van der Waals surface area contributed by atoms with Gasteiger partial charge in [0.2, 0.25) is 5.95 Å².